The molecule has 1 rings (SSSR count). The molecule has 0 aliphatic carbocycles. The Morgan fingerprint density at radius 3 is 2.86 bits per heavy atom. The van der Waals surface area contributed by atoms with Crippen LogP contribution in [0.5, 0.6) is 0 Å². The first kappa shape index (κ1) is 12.0. The van der Waals surface area contributed by atoms with E-state index in [1.165, 1.54) is 0 Å². The van der Waals surface area contributed by atoms with Gasteiger partial charge < -0.3 is 4.52 Å². The van der Waals surface area contributed by atoms with Crippen molar-refractivity contribution in [3.63, 3.8) is 0 Å². The highest BCUT2D eigenvalue weighted by molar-refractivity contribution is 7.56. The van der Waals surface area contributed by atoms with Crippen molar-refractivity contribution in [2.24, 2.45) is 0 Å². The molecule has 0 bridgehead atoms. The molecule has 0 aromatic carbocycles. The summed E-state index contributed by atoms with van der Waals surface area (Å²) in [5, 5.41) is 0. The molecule has 3 nitrogen and oxygen atoms in total. The van der Waals surface area contributed by atoms with Crippen molar-refractivity contribution in [2.45, 2.75) is 39.3 Å². The minimum atomic E-state index is -2.62. The van der Waals surface area contributed by atoms with E-state index in [-0.39, 0.29) is 12.1 Å². The smallest absolute Gasteiger partial charge is 0.276 e. The lowest BCUT2D eigenvalue weighted by molar-refractivity contribution is 0.129. The van der Waals surface area contributed by atoms with Crippen LogP contribution in [0.25, 0.3) is 0 Å². The lowest BCUT2D eigenvalue weighted by Crippen LogP contribution is -2.37. The minimum absolute atomic E-state index is 0.107. The molecule has 0 aromatic rings. The maximum Gasteiger partial charge on any atom is 0.276 e. The topological polar surface area (TPSA) is 29.5 Å². The van der Waals surface area contributed by atoms with Gasteiger partial charge in [0.15, 0.2) is 0 Å². The Morgan fingerprint density at radius 1 is 1.71 bits per heavy atom. The van der Waals surface area contributed by atoms with Crippen LogP contribution in [0.3, 0.4) is 0 Å². The number of allylic oxidation sites excluding steroid dienone is 1. The number of rotatable bonds is 3. The summed E-state index contributed by atoms with van der Waals surface area (Å²) in [4.78, 5) is 0. The van der Waals surface area contributed by atoms with Crippen LogP contribution in [0, 0.1) is 0 Å². The van der Waals surface area contributed by atoms with Crippen molar-refractivity contribution in [3.05, 3.63) is 12.7 Å². The van der Waals surface area contributed by atoms with Gasteiger partial charge in [0, 0.05) is 12.6 Å². The zero-order valence-corrected chi connectivity index (χ0v) is 10.2. The van der Waals surface area contributed by atoms with Crippen molar-refractivity contribution in [3.8, 4) is 0 Å². The van der Waals surface area contributed by atoms with E-state index in [2.05, 4.69) is 20.4 Å². The highest BCUT2D eigenvalue weighted by Crippen LogP contribution is 2.55. The maximum atomic E-state index is 12.4. The van der Waals surface area contributed by atoms with Gasteiger partial charge in [-0.15, -0.1) is 6.58 Å². The molecular weight excluding hydrogens is 197 g/mol. The fraction of sp³-hybridized carbons (Fsp3) is 0.800. The molecule has 4 heteroatoms. The summed E-state index contributed by atoms with van der Waals surface area (Å²) in [6.07, 6.45) is 3.21. The SMILES string of the molecule is C=CC[P@]1(=O)O[C@@H](C)CCN1C(C)C. The Morgan fingerprint density at radius 2 is 2.36 bits per heavy atom. The van der Waals surface area contributed by atoms with Gasteiger partial charge in [-0.3, -0.25) is 4.57 Å². The van der Waals surface area contributed by atoms with Crippen LogP contribution >= 0.6 is 7.52 Å². The average Bonchev–Trinajstić information content (AvgIpc) is 2.02. The lowest BCUT2D eigenvalue weighted by Gasteiger charge is -2.39. The van der Waals surface area contributed by atoms with Gasteiger partial charge in [-0.25, -0.2) is 4.67 Å². The molecule has 0 saturated carbocycles. The van der Waals surface area contributed by atoms with E-state index in [1.54, 1.807) is 6.08 Å². The third-order valence-corrected chi connectivity index (χ3v) is 5.31. The monoisotopic (exact) mass is 217 g/mol. The van der Waals surface area contributed by atoms with E-state index in [9.17, 15) is 4.57 Å². The van der Waals surface area contributed by atoms with Crippen LogP contribution in [0.15, 0.2) is 12.7 Å². The van der Waals surface area contributed by atoms with Gasteiger partial charge in [0.25, 0.3) is 7.52 Å². The molecular formula is C10H20NO2P. The zero-order chi connectivity index (χ0) is 10.8. The number of nitrogens with zero attached hydrogens (tertiary/aromatic N) is 1. The molecule has 1 heterocycles. The van der Waals surface area contributed by atoms with Gasteiger partial charge in [-0.1, -0.05) is 6.08 Å². The van der Waals surface area contributed by atoms with Crippen molar-refractivity contribution in [1.29, 1.82) is 0 Å². The maximum absolute atomic E-state index is 12.4. The fourth-order valence-corrected chi connectivity index (χ4v) is 4.32. The predicted octanol–water partition coefficient (Wildman–Crippen LogP) is 2.88. The van der Waals surface area contributed by atoms with Gasteiger partial charge in [0.1, 0.15) is 0 Å². The molecule has 0 aromatic heterocycles. The molecule has 1 saturated heterocycles. The Labute approximate surface area is 86.6 Å². The van der Waals surface area contributed by atoms with E-state index in [1.807, 2.05) is 11.6 Å². The second-order valence-corrected chi connectivity index (χ2v) is 6.43. The molecule has 0 spiro atoms. The summed E-state index contributed by atoms with van der Waals surface area (Å²) in [5.74, 6) is 0. The Bertz CT molecular complexity index is 253. The molecule has 0 unspecified atom stereocenters. The minimum Gasteiger partial charge on any atom is -0.314 e. The first-order chi connectivity index (χ1) is 6.49. The van der Waals surface area contributed by atoms with Gasteiger partial charge in [-0.2, -0.15) is 0 Å². The lowest BCUT2D eigenvalue weighted by atomic mass is 10.2. The Hall–Kier alpha value is -0.110. The van der Waals surface area contributed by atoms with E-state index in [4.69, 9.17) is 4.52 Å². The summed E-state index contributed by atoms with van der Waals surface area (Å²) < 4.78 is 20.0. The van der Waals surface area contributed by atoms with Crippen LogP contribution in [0.2, 0.25) is 0 Å². The van der Waals surface area contributed by atoms with Crippen LogP contribution in [-0.2, 0) is 9.09 Å². The van der Waals surface area contributed by atoms with E-state index < -0.39 is 7.52 Å². The highest BCUT2D eigenvalue weighted by atomic mass is 31.2. The molecule has 1 fully saturated rings. The molecule has 82 valence electrons. The van der Waals surface area contributed by atoms with Crippen LogP contribution in [-0.4, -0.2) is 29.5 Å². The normalized spacial score (nSPS) is 34.7. The molecule has 0 amide bonds. The quantitative estimate of drug-likeness (QED) is 0.537. The zero-order valence-electron chi connectivity index (χ0n) is 9.27. The average molecular weight is 217 g/mol. The Balaban J connectivity index is 2.83. The standard InChI is InChI=1S/C10H20NO2P/c1-5-8-14(12)11(9(2)3)7-6-10(4)13-14/h5,9-10H,1,6-8H2,2-4H3/t10-,14-/m0/s1. The van der Waals surface area contributed by atoms with Gasteiger partial charge in [0.2, 0.25) is 0 Å². The van der Waals surface area contributed by atoms with Crippen LogP contribution in [0.1, 0.15) is 27.2 Å². The largest absolute Gasteiger partial charge is 0.314 e. The second-order valence-electron chi connectivity index (χ2n) is 4.07. The van der Waals surface area contributed by atoms with E-state index in [0.717, 1.165) is 13.0 Å². The molecule has 0 radical (unpaired) electrons. The number of hydrogen-bond donors (Lipinski definition) is 0. The summed E-state index contributed by atoms with van der Waals surface area (Å²) in [7, 11) is -2.62. The molecule has 0 N–H and O–H groups in total. The van der Waals surface area contributed by atoms with Crippen molar-refractivity contribution in [2.75, 3.05) is 12.7 Å². The summed E-state index contributed by atoms with van der Waals surface area (Å²) >= 11 is 0. The third kappa shape index (κ3) is 2.47. The summed E-state index contributed by atoms with van der Waals surface area (Å²) in [6.45, 7) is 10.6. The Kier molecular flexibility index (Phi) is 3.94. The highest BCUT2D eigenvalue weighted by Gasteiger charge is 2.37. The van der Waals surface area contributed by atoms with E-state index in [0.29, 0.717) is 6.16 Å². The first-order valence-corrected chi connectivity index (χ1v) is 6.91. The van der Waals surface area contributed by atoms with Crippen molar-refractivity contribution >= 4 is 7.52 Å². The fourth-order valence-electron chi connectivity index (χ4n) is 1.78. The summed E-state index contributed by atoms with van der Waals surface area (Å²) in [5.41, 5.74) is 0. The van der Waals surface area contributed by atoms with Crippen molar-refractivity contribution < 1.29 is 9.09 Å². The third-order valence-electron chi connectivity index (χ3n) is 2.46. The van der Waals surface area contributed by atoms with Gasteiger partial charge in [-0.05, 0) is 27.2 Å². The van der Waals surface area contributed by atoms with E-state index >= 15 is 0 Å². The molecule has 1 aliphatic rings. The summed E-state index contributed by atoms with van der Waals surface area (Å²) in [6, 6.07) is 0.272. The van der Waals surface area contributed by atoms with Crippen LogP contribution in [0.4, 0.5) is 0 Å². The number of hydrogen-bond acceptors (Lipinski definition) is 2. The molecule has 2 atom stereocenters. The predicted molar refractivity (Wildman–Crippen MR) is 59.7 cm³/mol. The van der Waals surface area contributed by atoms with Crippen molar-refractivity contribution in [1.82, 2.24) is 4.67 Å². The van der Waals surface area contributed by atoms with Gasteiger partial charge in [0.05, 0.1) is 12.3 Å². The molecule has 14 heavy (non-hydrogen) atoms. The second kappa shape index (κ2) is 4.61. The molecule has 1 aliphatic heterocycles. The first-order valence-electron chi connectivity index (χ1n) is 5.15. The van der Waals surface area contributed by atoms with Gasteiger partial charge >= 0.3 is 0 Å². The van der Waals surface area contributed by atoms with Crippen LogP contribution < -0.4 is 0 Å².